The standard InChI is InChI=1S/C13H13F2NO3/c1-3-8-5-11(19-13(14)15)10(7-16)4-9(8)6-12(17)18-2/h4-5,13H,3,6H2,1-2H3. The molecule has 0 atom stereocenters. The second kappa shape index (κ2) is 6.69. The first-order valence-electron chi connectivity index (χ1n) is 5.59. The molecule has 0 bridgehead atoms. The van der Waals surface area contributed by atoms with Gasteiger partial charge in [-0.25, -0.2) is 0 Å². The number of benzene rings is 1. The van der Waals surface area contributed by atoms with E-state index in [2.05, 4.69) is 9.47 Å². The predicted molar refractivity (Wildman–Crippen MR) is 62.9 cm³/mol. The lowest BCUT2D eigenvalue weighted by Gasteiger charge is -2.12. The zero-order chi connectivity index (χ0) is 14.4. The van der Waals surface area contributed by atoms with E-state index in [4.69, 9.17) is 5.26 Å². The molecule has 0 amide bonds. The van der Waals surface area contributed by atoms with Gasteiger partial charge in [0.25, 0.3) is 0 Å². The highest BCUT2D eigenvalue weighted by Crippen LogP contribution is 2.26. The van der Waals surface area contributed by atoms with E-state index in [1.165, 1.54) is 19.2 Å². The number of rotatable bonds is 5. The molecule has 6 heteroatoms. The predicted octanol–water partition coefficient (Wildman–Crippen LogP) is 2.44. The molecule has 0 fully saturated rings. The van der Waals surface area contributed by atoms with Crippen molar-refractivity contribution < 1.29 is 23.0 Å². The monoisotopic (exact) mass is 269 g/mol. The van der Waals surface area contributed by atoms with Gasteiger partial charge in [0.15, 0.2) is 0 Å². The summed E-state index contributed by atoms with van der Waals surface area (Å²) in [6.07, 6.45) is 0.515. The second-order valence-electron chi connectivity index (χ2n) is 3.71. The summed E-state index contributed by atoms with van der Waals surface area (Å²) >= 11 is 0. The zero-order valence-electron chi connectivity index (χ0n) is 10.6. The van der Waals surface area contributed by atoms with Crippen LogP contribution < -0.4 is 4.74 Å². The average Bonchev–Trinajstić information content (AvgIpc) is 2.38. The van der Waals surface area contributed by atoms with Crippen LogP contribution in [-0.2, 0) is 22.4 Å². The minimum Gasteiger partial charge on any atom is -0.469 e. The molecule has 0 aliphatic rings. The minimum atomic E-state index is -3.00. The molecule has 0 spiro atoms. The van der Waals surface area contributed by atoms with E-state index in [0.29, 0.717) is 17.5 Å². The van der Waals surface area contributed by atoms with E-state index in [9.17, 15) is 13.6 Å². The van der Waals surface area contributed by atoms with Gasteiger partial charge >= 0.3 is 12.6 Å². The fourth-order valence-electron chi connectivity index (χ4n) is 1.67. The van der Waals surface area contributed by atoms with Crippen LogP contribution in [0.3, 0.4) is 0 Å². The van der Waals surface area contributed by atoms with E-state index in [1.807, 2.05) is 6.92 Å². The molecule has 19 heavy (non-hydrogen) atoms. The number of hydrogen-bond acceptors (Lipinski definition) is 4. The molecule has 0 saturated heterocycles. The summed E-state index contributed by atoms with van der Waals surface area (Å²) in [5, 5.41) is 8.92. The highest BCUT2D eigenvalue weighted by molar-refractivity contribution is 5.73. The topological polar surface area (TPSA) is 59.3 Å². The Balaban J connectivity index is 3.19. The van der Waals surface area contributed by atoms with Crippen LogP contribution in [0.1, 0.15) is 23.6 Å². The highest BCUT2D eigenvalue weighted by Gasteiger charge is 2.15. The van der Waals surface area contributed by atoms with E-state index < -0.39 is 12.6 Å². The molecule has 0 aliphatic heterocycles. The number of halogens is 2. The summed E-state index contributed by atoms with van der Waals surface area (Å²) < 4.78 is 33.3. The summed E-state index contributed by atoms with van der Waals surface area (Å²) in [5.41, 5.74) is 1.21. The number of carbonyl (C=O) groups excluding carboxylic acids is 1. The Morgan fingerprint density at radius 2 is 2.11 bits per heavy atom. The van der Waals surface area contributed by atoms with Gasteiger partial charge < -0.3 is 9.47 Å². The van der Waals surface area contributed by atoms with E-state index in [0.717, 1.165) is 0 Å². The van der Waals surface area contributed by atoms with Gasteiger partial charge in [-0.05, 0) is 29.7 Å². The van der Waals surface area contributed by atoms with Crippen molar-refractivity contribution in [3.05, 3.63) is 28.8 Å². The van der Waals surface area contributed by atoms with Gasteiger partial charge in [0, 0.05) is 0 Å². The van der Waals surface area contributed by atoms with E-state index in [1.54, 1.807) is 6.07 Å². The number of nitrogens with zero attached hydrogens (tertiary/aromatic N) is 1. The molecule has 0 N–H and O–H groups in total. The summed E-state index contributed by atoms with van der Waals surface area (Å²) in [7, 11) is 1.26. The van der Waals surface area contributed by atoms with Crippen LogP contribution in [0.15, 0.2) is 12.1 Å². The van der Waals surface area contributed by atoms with Gasteiger partial charge in [-0.3, -0.25) is 4.79 Å². The number of carbonyl (C=O) groups is 1. The number of nitriles is 1. The molecule has 0 aromatic heterocycles. The first kappa shape index (κ1) is 14.9. The van der Waals surface area contributed by atoms with E-state index in [-0.39, 0.29) is 17.7 Å². The first-order chi connectivity index (χ1) is 9.01. The summed E-state index contributed by atoms with van der Waals surface area (Å²) in [6, 6.07) is 4.52. The fourth-order valence-corrected chi connectivity index (χ4v) is 1.67. The number of alkyl halides is 2. The maximum absolute atomic E-state index is 12.2. The van der Waals surface area contributed by atoms with Crippen molar-refractivity contribution in [2.75, 3.05) is 7.11 Å². The van der Waals surface area contributed by atoms with Crippen LogP contribution in [0.4, 0.5) is 8.78 Å². The van der Waals surface area contributed by atoms with Crippen molar-refractivity contribution in [2.24, 2.45) is 0 Å². The smallest absolute Gasteiger partial charge is 0.387 e. The maximum Gasteiger partial charge on any atom is 0.387 e. The molecule has 102 valence electrons. The van der Waals surface area contributed by atoms with Crippen molar-refractivity contribution in [1.82, 2.24) is 0 Å². The maximum atomic E-state index is 12.2. The average molecular weight is 269 g/mol. The van der Waals surface area contributed by atoms with Gasteiger partial charge in [-0.2, -0.15) is 14.0 Å². The zero-order valence-corrected chi connectivity index (χ0v) is 10.6. The van der Waals surface area contributed by atoms with Crippen molar-refractivity contribution in [3.8, 4) is 11.8 Å². The second-order valence-corrected chi connectivity index (χ2v) is 3.71. The van der Waals surface area contributed by atoms with Crippen LogP contribution in [-0.4, -0.2) is 19.7 Å². The molecular weight excluding hydrogens is 256 g/mol. The Bertz CT molecular complexity index is 509. The summed E-state index contributed by atoms with van der Waals surface area (Å²) in [5.74, 6) is -0.635. The number of hydrogen-bond donors (Lipinski definition) is 0. The third-order valence-electron chi connectivity index (χ3n) is 2.58. The lowest BCUT2D eigenvalue weighted by atomic mass is 9.99. The van der Waals surface area contributed by atoms with Crippen LogP contribution in [0.25, 0.3) is 0 Å². The van der Waals surface area contributed by atoms with Gasteiger partial charge in [0.1, 0.15) is 11.8 Å². The number of aryl methyl sites for hydroxylation is 1. The van der Waals surface area contributed by atoms with E-state index >= 15 is 0 Å². The Morgan fingerprint density at radius 3 is 2.58 bits per heavy atom. The highest BCUT2D eigenvalue weighted by atomic mass is 19.3. The van der Waals surface area contributed by atoms with Gasteiger partial charge in [-0.15, -0.1) is 0 Å². The Morgan fingerprint density at radius 1 is 1.42 bits per heavy atom. The molecule has 0 heterocycles. The molecule has 1 aromatic rings. The lowest BCUT2D eigenvalue weighted by Crippen LogP contribution is -2.09. The van der Waals surface area contributed by atoms with Crippen LogP contribution in [0, 0.1) is 11.3 Å². The molecule has 0 unspecified atom stereocenters. The minimum absolute atomic E-state index is 0.0106. The normalized spacial score (nSPS) is 10.1. The largest absolute Gasteiger partial charge is 0.469 e. The third-order valence-corrected chi connectivity index (χ3v) is 2.58. The summed E-state index contributed by atoms with van der Waals surface area (Å²) in [4.78, 5) is 11.3. The van der Waals surface area contributed by atoms with Crippen molar-refractivity contribution in [3.63, 3.8) is 0 Å². The van der Waals surface area contributed by atoms with Crippen molar-refractivity contribution >= 4 is 5.97 Å². The molecule has 0 aliphatic carbocycles. The number of methoxy groups -OCH3 is 1. The van der Waals surface area contributed by atoms with Crippen LogP contribution in [0.2, 0.25) is 0 Å². The molecule has 4 nitrogen and oxygen atoms in total. The molecule has 0 saturated carbocycles. The van der Waals surface area contributed by atoms with Crippen molar-refractivity contribution in [2.45, 2.75) is 26.4 Å². The fraction of sp³-hybridized carbons (Fsp3) is 0.385. The van der Waals surface area contributed by atoms with Crippen LogP contribution in [0.5, 0.6) is 5.75 Å². The Hall–Kier alpha value is -2.16. The van der Waals surface area contributed by atoms with Crippen molar-refractivity contribution in [1.29, 1.82) is 5.26 Å². The number of esters is 1. The lowest BCUT2D eigenvalue weighted by molar-refractivity contribution is -0.139. The SMILES string of the molecule is CCc1cc(OC(F)F)c(C#N)cc1CC(=O)OC. The first-order valence-corrected chi connectivity index (χ1v) is 5.59. The third kappa shape index (κ3) is 3.91. The molecule has 0 radical (unpaired) electrons. The molecular formula is C13H13F2NO3. The summed E-state index contributed by atoms with van der Waals surface area (Å²) in [6.45, 7) is -1.18. The van der Waals surface area contributed by atoms with Gasteiger partial charge in [0.05, 0.1) is 19.1 Å². The molecule has 1 rings (SSSR count). The van der Waals surface area contributed by atoms with Crippen LogP contribution >= 0.6 is 0 Å². The van der Waals surface area contributed by atoms with Gasteiger partial charge in [-0.1, -0.05) is 6.92 Å². The Labute approximate surface area is 109 Å². The Kier molecular flexibility index (Phi) is 5.24. The quantitative estimate of drug-likeness (QED) is 0.770. The van der Waals surface area contributed by atoms with Gasteiger partial charge in [0.2, 0.25) is 0 Å². The number of ether oxygens (including phenoxy) is 2. The molecule has 1 aromatic carbocycles.